The quantitative estimate of drug-likeness (QED) is 0.717. The van der Waals surface area contributed by atoms with Crippen LogP contribution in [0.3, 0.4) is 0 Å². The molecule has 1 atom stereocenters. The number of hydrogen-bond acceptors (Lipinski definition) is 3. The number of carbonyl (C=O) groups is 1. The van der Waals surface area contributed by atoms with Gasteiger partial charge in [0.15, 0.2) is 0 Å². The predicted octanol–water partition coefficient (Wildman–Crippen LogP) is 1.15. The van der Waals surface area contributed by atoms with Crippen molar-refractivity contribution in [2.24, 2.45) is 0 Å². The van der Waals surface area contributed by atoms with E-state index in [9.17, 15) is 14.1 Å². The molecule has 76 valence electrons. The van der Waals surface area contributed by atoms with E-state index in [0.29, 0.717) is 0 Å². The first kappa shape index (κ1) is 10.4. The smallest absolute Gasteiger partial charge is 0.301 e. The average Bonchev–Trinajstić information content (AvgIpc) is 2.15. The Morgan fingerprint density at radius 3 is 2.79 bits per heavy atom. The van der Waals surface area contributed by atoms with E-state index in [4.69, 9.17) is 0 Å². The highest BCUT2D eigenvalue weighted by Crippen LogP contribution is 2.05. The van der Waals surface area contributed by atoms with Crippen molar-refractivity contribution >= 4 is 5.97 Å². The van der Waals surface area contributed by atoms with Crippen LogP contribution < -0.4 is 5.56 Å². The van der Waals surface area contributed by atoms with Crippen LogP contribution in [0.1, 0.15) is 18.5 Å². The summed E-state index contributed by atoms with van der Waals surface area (Å²) in [5, 5.41) is 0. The van der Waals surface area contributed by atoms with Gasteiger partial charge in [-0.1, -0.05) is 0 Å². The Morgan fingerprint density at radius 2 is 2.29 bits per heavy atom. The Kier molecular flexibility index (Phi) is 3.01. The monoisotopic (exact) mass is 199 g/mol. The lowest BCUT2D eigenvalue weighted by molar-refractivity contribution is -0.187. The molecule has 4 nitrogen and oxygen atoms in total. The van der Waals surface area contributed by atoms with Gasteiger partial charge in [-0.05, 0) is 25.5 Å². The van der Waals surface area contributed by atoms with Crippen molar-refractivity contribution in [3.8, 4) is 0 Å². The maximum atomic E-state index is 11.6. The van der Waals surface area contributed by atoms with Crippen molar-refractivity contribution in [3.05, 3.63) is 34.2 Å². The van der Waals surface area contributed by atoms with Gasteiger partial charge in [0.05, 0.1) is 0 Å². The summed E-state index contributed by atoms with van der Waals surface area (Å²) in [7, 11) is 0. The number of pyridine rings is 1. The van der Waals surface area contributed by atoms with Gasteiger partial charge < -0.3 is 4.57 Å². The van der Waals surface area contributed by atoms with Gasteiger partial charge in [-0.3, -0.25) is 9.74 Å². The molecule has 0 aromatic carbocycles. The lowest BCUT2D eigenvalue weighted by Crippen LogP contribution is -2.27. The SMILES string of the molecule is Cc1ccn(C(C)C(=O)OF)c(=O)c1. The van der Waals surface area contributed by atoms with E-state index in [2.05, 4.69) is 4.94 Å². The van der Waals surface area contributed by atoms with Gasteiger partial charge in [-0.2, -0.15) is 0 Å². The summed E-state index contributed by atoms with van der Waals surface area (Å²) in [5.74, 6) is -1.09. The second-order valence-corrected chi connectivity index (χ2v) is 3.02. The summed E-state index contributed by atoms with van der Waals surface area (Å²) >= 11 is 0. The van der Waals surface area contributed by atoms with Gasteiger partial charge in [0.1, 0.15) is 6.04 Å². The minimum Gasteiger partial charge on any atom is -0.301 e. The first-order valence-corrected chi connectivity index (χ1v) is 4.07. The molecule has 1 unspecified atom stereocenters. The molecule has 14 heavy (non-hydrogen) atoms. The minimum absolute atomic E-state index is 0.358. The van der Waals surface area contributed by atoms with Crippen LogP contribution in [-0.2, 0) is 9.74 Å². The lowest BCUT2D eigenvalue weighted by Gasteiger charge is -2.10. The molecule has 0 aliphatic rings. The second-order valence-electron chi connectivity index (χ2n) is 3.02. The molecule has 5 heteroatoms. The van der Waals surface area contributed by atoms with Crippen molar-refractivity contribution < 1.29 is 14.3 Å². The Morgan fingerprint density at radius 1 is 1.64 bits per heavy atom. The Hall–Kier alpha value is -1.65. The van der Waals surface area contributed by atoms with E-state index in [1.807, 2.05) is 0 Å². The van der Waals surface area contributed by atoms with Crippen molar-refractivity contribution in [2.45, 2.75) is 19.9 Å². The molecular weight excluding hydrogens is 189 g/mol. The summed E-state index contributed by atoms with van der Waals surface area (Å²) in [6.45, 7) is 3.14. The van der Waals surface area contributed by atoms with Crippen LogP contribution in [0.15, 0.2) is 23.1 Å². The predicted molar refractivity (Wildman–Crippen MR) is 47.4 cm³/mol. The molecule has 1 aromatic heterocycles. The average molecular weight is 199 g/mol. The topological polar surface area (TPSA) is 48.3 Å². The fourth-order valence-electron chi connectivity index (χ4n) is 1.09. The molecule has 0 aliphatic carbocycles. The van der Waals surface area contributed by atoms with Crippen LogP contribution in [0.25, 0.3) is 0 Å². The third kappa shape index (κ3) is 1.99. The summed E-state index contributed by atoms with van der Waals surface area (Å²) < 4.78 is 12.7. The Bertz CT molecular complexity index is 399. The van der Waals surface area contributed by atoms with E-state index >= 15 is 0 Å². The number of nitrogens with zero attached hydrogens (tertiary/aromatic N) is 1. The Balaban J connectivity index is 3.08. The van der Waals surface area contributed by atoms with Crippen LogP contribution in [0.4, 0.5) is 4.53 Å². The normalized spacial score (nSPS) is 12.2. The largest absolute Gasteiger partial charge is 0.371 e. The molecule has 0 N–H and O–H groups in total. The molecule has 0 amide bonds. The Labute approximate surface area is 79.8 Å². The summed E-state index contributed by atoms with van der Waals surface area (Å²) in [6, 6.07) is 2.07. The van der Waals surface area contributed by atoms with Crippen molar-refractivity contribution in [2.75, 3.05) is 0 Å². The van der Waals surface area contributed by atoms with E-state index in [-0.39, 0.29) is 5.56 Å². The zero-order valence-electron chi connectivity index (χ0n) is 7.86. The second kappa shape index (κ2) is 4.04. The zero-order valence-corrected chi connectivity index (χ0v) is 7.86. The maximum absolute atomic E-state index is 11.6. The molecule has 0 saturated carbocycles. The van der Waals surface area contributed by atoms with Crippen molar-refractivity contribution in [1.82, 2.24) is 4.57 Å². The standard InChI is InChI=1S/C9H10FNO3/c1-6-3-4-11(8(12)5-6)7(2)9(13)14-10/h3-5,7H,1-2H3. The van der Waals surface area contributed by atoms with Crippen LogP contribution in [0.5, 0.6) is 0 Å². The van der Waals surface area contributed by atoms with Gasteiger partial charge in [0.2, 0.25) is 0 Å². The number of hydrogen-bond donors (Lipinski definition) is 0. The molecule has 0 saturated heterocycles. The van der Waals surface area contributed by atoms with Crippen LogP contribution in [-0.4, -0.2) is 10.5 Å². The van der Waals surface area contributed by atoms with E-state index < -0.39 is 12.0 Å². The van der Waals surface area contributed by atoms with Crippen molar-refractivity contribution in [1.29, 1.82) is 0 Å². The maximum Gasteiger partial charge on any atom is 0.371 e. The highest BCUT2D eigenvalue weighted by molar-refractivity contribution is 5.73. The molecule has 0 radical (unpaired) electrons. The number of aryl methyl sites for hydroxylation is 1. The molecule has 0 fully saturated rings. The molecule has 1 aromatic rings. The van der Waals surface area contributed by atoms with Crippen LogP contribution in [0, 0.1) is 6.92 Å². The first-order valence-electron chi connectivity index (χ1n) is 4.07. The third-order valence-electron chi connectivity index (χ3n) is 1.94. The summed E-state index contributed by atoms with van der Waals surface area (Å²) in [6.07, 6.45) is 1.43. The number of rotatable bonds is 2. The van der Waals surface area contributed by atoms with Gasteiger partial charge in [-0.25, -0.2) is 4.79 Å². The molecule has 0 aliphatic heterocycles. The lowest BCUT2D eigenvalue weighted by atomic mass is 10.2. The van der Waals surface area contributed by atoms with Gasteiger partial charge in [0, 0.05) is 16.8 Å². The highest BCUT2D eigenvalue weighted by Gasteiger charge is 2.17. The number of carbonyl (C=O) groups excluding carboxylic acids is 1. The number of aromatic nitrogens is 1. The van der Waals surface area contributed by atoms with E-state index in [0.717, 1.165) is 10.1 Å². The summed E-state index contributed by atoms with van der Waals surface area (Å²) in [5.41, 5.74) is 0.426. The summed E-state index contributed by atoms with van der Waals surface area (Å²) in [4.78, 5) is 25.2. The molecule has 0 spiro atoms. The van der Waals surface area contributed by atoms with Crippen LogP contribution in [0.2, 0.25) is 0 Å². The fraction of sp³-hybridized carbons (Fsp3) is 0.333. The van der Waals surface area contributed by atoms with Crippen molar-refractivity contribution in [3.63, 3.8) is 0 Å². The van der Waals surface area contributed by atoms with Gasteiger partial charge >= 0.3 is 5.97 Å². The fourth-order valence-corrected chi connectivity index (χ4v) is 1.09. The van der Waals surface area contributed by atoms with E-state index in [1.54, 1.807) is 13.0 Å². The third-order valence-corrected chi connectivity index (χ3v) is 1.94. The molecular formula is C9H10FNO3. The van der Waals surface area contributed by atoms with Crippen LogP contribution >= 0.6 is 0 Å². The zero-order chi connectivity index (χ0) is 10.7. The van der Waals surface area contributed by atoms with E-state index in [1.165, 1.54) is 19.2 Å². The number of halogens is 1. The molecule has 1 heterocycles. The van der Waals surface area contributed by atoms with Gasteiger partial charge in [-0.15, -0.1) is 0 Å². The first-order chi connectivity index (χ1) is 6.56. The minimum atomic E-state index is -1.09. The molecule has 1 rings (SSSR count). The highest BCUT2D eigenvalue weighted by atomic mass is 19.3. The molecule has 0 bridgehead atoms. The van der Waals surface area contributed by atoms with Gasteiger partial charge in [0.25, 0.3) is 5.56 Å².